The summed E-state index contributed by atoms with van der Waals surface area (Å²) in [5.74, 6) is -0.708. The Balaban J connectivity index is 1.65. The zero-order valence-electron chi connectivity index (χ0n) is 16.8. The van der Waals surface area contributed by atoms with E-state index in [1.807, 2.05) is 13.8 Å². The van der Waals surface area contributed by atoms with Crippen molar-refractivity contribution < 1.29 is 32.3 Å². The third-order valence-corrected chi connectivity index (χ3v) is 5.57. The van der Waals surface area contributed by atoms with Crippen LogP contribution in [0.4, 0.5) is 5.82 Å². The van der Waals surface area contributed by atoms with Crippen molar-refractivity contribution in [2.75, 3.05) is 12.3 Å². The Labute approximate surface area is 177 Å². The van der Waals surface area contributed by atoms with Crippen LogP contribution < -0.4 is 16.2 Å². The predicted molar refractivity (Wildman–Crippen MR) is 106 cm³/mol. The van der Waals surface area contributed by atoms with E-state index < -0.39 is 53.4 Å². The first-order valence-electron chi connectivity index (χ1n) is 9.41. The van der Waals surface area contributed by atoms with Crippen LogP contribution in [0.2, 0.25) is 0 Å². The van der Waals surface area contributed by atoms with Crippen LogP contribution >= 0.6 is 0 Å². The van der Waals surface area contributed by atoms with E-state index in [4.69, 9.17) is 20.4 Å². The highest BCUT2D eigenvalue weighted by molar-refractivity contribution is 7.85. The van der Waals surface area contributed by atoms with Crippen LogP contribution in [0.15, 0.2) is 12.7 Å². The number of hydrogen-bond donors (Lipinski definition) is 5. The highest BCUT2D eigenvalue weighted by atomic mass is 32.2. The number of rotatable bonds is 8. The number of nitrogens with zero attached hydrogens (tertiary/aromatic N) is 4. The summed E-state index contributed by atoms with van der Waals surface area (Å²) in [4.78, 5) is 23.8. The van der Waals surface area contributed by atoms with Crippen molar-refractivity contribution in [2.24, 2.45) is 11.7 Å². The number of nitrogens with one attached hydrogen (secondary N) is 1. The quantitative estimate of drug-likeness (QED) is 0.283. The topological polar surface area (TPSA) is 218 Å². The van der Waals surface area contributed by atoms with Gasteiger partial charge in [0.2, 0.25) is 0 Å². The van der Waals surface area contributed by atoms with E-state index in [0.717, 1.165) is 0 Å². The second kappa shape index (κ2) is 8.97. The Morgan fingerprint density at radius 2 is 2.03 bits per heavy atom. The molecule has 0 bridgehead atoms. The molecule has 0 spiro atoms. The van der Waals surface area contributed by atoms with Crippen LogP contribution in [0.5, 0.6) is 0 Å². The summed E-state index contributed by atoms with van der Waals surface area (Å²) in [7, 11) is -4.51. The van der Waals surface area contributed by atoms with Crippen molar-refractivity contribution in [3.8, 4) is 0 Å². The normalized spacial score (nSPS) is 25.2. The standard InChI is InChI=1S/C16H25N7O7S/c1-7(2)3-8(17)15(26)22-31(27,28)29-4-9-11(24)12(25)16(30-9)23-6-21-10-13(18)19-5-20-14(10)23/h5-9,11-12,16,24-25H,3-4,17H2,1-2H3,(H,22,26)(H2,18,19,20)/t8-,9+,11-,12-,16+/m0/s1. The van der Waals surface area contributed by atoms with Gasteiger partial charge in [-0.15, -0.1) is 0 Å². The third-order valence-electron chi connectivity index (χ3n) is 4.67. The number of nitrogens with two attached hydrogens (primary N) is 2. The molecule has 0 saturated carbocycles. The molecule has 3 heterocycles. The molecule has 15 heteroatoms. The van der Waals surface area contributed by atoms with Gasteiger partial charge in [0.05, 0.1) is 19.0 Å². The van der Waals surface area contributed by atoms with Gasteiger partial charge in [0.15, 0.2) is 17.7 Å². The maximum absolute atomic E-state index is 12.0. The molecule has 31 heavy (non-hydrogen) atoms. The van der Waals surface area contributed by atoms with Crippen LogP contribution in [0.3, 0.4) is 0 Å². The number of hydrogen-bond acceptors (Lipinski definition) is 12. The number of amides is 1. The fourth-order valence-corrected chi connectivity index (χ4v) is 3.92. The number of anilines is 1. The number of aliphatic hydroxyl groups is 2. The fourth-order valence-electron chi connectivity index (χ4n) is 3.15. The molecule has 2 aromatic heterocycles. The zero-order chi connectivity index (χ0) is 22.9. The predicted octanol–water partition coefficient (Wildman–Crippen LogP) is -2.22. The van der Waals surface area contributed by atoms with Crippen LogP contribution in [0.25, 0.3) is 11.2 Å². The van der Waals surface area contributed by atoms with Gasteiger partial charge in [-0.25, -0.2) is 19.7 Å². The number of carbonyl (C=O) groups is 1. The van der Waals surface area contributed by atoms with E-state index in [9.17, 15) is 23.4 Å². The lowest BCUT2D eigenvalue weighted by Crippen LogP contribution is -2.45. The first-order chi connectivity index (χ1) is 14.5. The molecule has 1 aliphatic rings. The highest BCUT2D eigenvalue weighted by Gasteiger charge is 2.45. The Bertz CT molecular complexity index is 1040. The van der Waals surface area contributed by atoms with E-state index in [0.29, 0.717) is 0 Å². The smallest absolute Gasteiger partial charge is 0.362 e. The molecular weight excluding hydrogens is 434 g/mol. The number of aliphatic hydroxyl groups excluding tert-OH is 2. The molecule has 1 fully saturated rings. The Kier molecular flexibility index (Phi) is 6.73. The van der Waals surface area contributed by atoms with Gasteiger partial charge < -0.3 is 26.4 Å². The number of ether oxygens (including phenoxy) is 1. The molecule has 14 nitrogen and oxygen atoms in total. The maximum Gasteiger partial charge on any atom is 0.362 e. The molecule has 2 aromatic rings. The summed E-state index contributed by atoms with van der Waals surface area (Å²) in [6.07, 6.45) is -2.52. The number of carbonyl (C=O) groups excluding carboxylic acids is 1. The van der Waals surface area contributed by atoms with Crippen LogP contribution in [-0.4, -0.2) is 75.0 Å². The van der Waals surface area contributed by atoms with Gasteiger partial charge in [0.1, 0.15) is 30.2 Å². The van der Waals surface area contributed by atoms with E-state index in [1.165, 1.54) is 17.2 Å². The summed E-state index contributed by atoms with van der Waals surface area (Å²) in [5, 5.41) is 20.6. The van der Waals surface area contributed by atoms with Crippen molar-refractivity contribution in [3.05, 3.63) is 12.7 Å². The molecule has 0 aliphatic carbocycles. The molecule has 1 saturated heterocycles. The summed E-state index contributed by atoms with van der Waals surface area (Å²) in [5.41, 5.74) is 11.9. The lowest BCUT2D eigenvalue weighted by Gasteiger charge is -2.17. The number of imidazole rings is 1. The molecule has 0 aromatic carbocycles. The second-order valence-corrected chi connectivity index (χ2v) is 8.92. The molecule has 7 N–H and O–H groups in total. The number of nitrogen functional groups attached to an aromatic ring is 1. The van der Waals surface area contributed by atoms with Crippen LogP contribution in [0, 0.1) is 5.92 Å². The van der Waals surface area contributed by atoms with Gasteiger partial charge in [-0.3, -0.25) is 13.5 Å². The fraction of sp³-hybridized carbons (Fsp3) is 0.625. The Morgan fingerprint density at radius 3 is 2.71 bits per heavy atom. The van der Waals surface area contributed by atoms with Crippen LogP contribution in [-0.2, 0) is 24.0 Å². The monoisotopic (exact) mass is 459 g/mol. The first-order valence-corrected chi connectivity index (χ1v) is 10.8. The average molecular weight is 459 g/mol. The zero-order valence-corrected chi connectivity index (χ0v) is 17.6. The average Bonchev–Trinajstić information content (AvgIpc) is 3.22. The molecule has 0 unspecified atom stereocenters. The largest absolute Gasteiger partial charge is 0.387 e. The number of fused-ring (bicyclic) bond motifs is 1. The molecule has 3 rings (SSSR count). The maximum atomic E-state index is 12.0. The van der Waals surface area contributed by atoms with E-state index >= 15 is 0 Å². The van der Waals surface area contributed by atoms with E-state index in [1.54, 1.807) is 4.72 Å². The summed E-state index contributed by atoms with van der Waals surface area (Å²) in [6, 6.07) is -1.03. The van der Waals surface area contributed by atoms with Gasteiger partial charge >= 0.3 is 10.3 Å². The van der Waals surface area contributed by atoms with Crippen LogP contribution in [0.1, 0.15) is 26.5 Å². The van der Waals surface area contributed by atoms with Crippen molar-refractivity contribution in [1.82, 2.24) is 24.2 Å². The lowest BCUT2D eigenvalue weighted by atomic mass is 10.0. The van der Waals surface area contributed by atoms with Gasteiger partial charge in [0.25, 0.3) is 5.91 Å². The summed E-state index contributed by atoms with van der Waals surface area (Å²) >= 11 is 0. The lowest BCUT2D eigenvalue weighted by molar-refractivity contribution is -0.121. The minimum atomic E-state index is -4.51. The van der Waals surface area contributed by atoms with Crippen molar-refractivity contribution in [1.29, 1.82) is 0 Å². The molecule has 5 atom stereocenters. The molecule has 1 amide bonds. The highest BCUT2D eigenvalue weighted by Crippen LogP contribution is 2.32. The van der Waals surface area contributed by atoms with Gasteiger partial charge in [-0.1, -0.05) is 13.8 Å². The van der Waals surface area contributed by atoms with E-state index in [2.05, 4.69) is 15.0 Å². The summed E-state index contributed by atoms with van der Waals surface area (Å²) in [6.45, 7) is 3.01. The van der Waals surface area contributed by atoms with Crippen molar-refractivity contribution in [2.45, 2.75) is 50.8 Å². The molecular formula is C16H25N7O7S. The summed E-state index contributed by atoms with van der Waals surface area (Å²) < 4.78 is 37.5. The Hall–Kier alpha value is -2.43. The van der Waals surface area contributed by atoms with Gasteiger partial charge in [-0.05, 0) is 12.3 Å². The SMILES string of the molecule is CC(C)C[C@H](N)C(=O)NS(=O)(=O)OC[C@H]1O[C@@H](n2cnc3c(N)ncnc32)[C@@H](O)[C@H]1O. The van der Waals surface area contributed by atoms with E-state index in [-0.39, 0.29) is 29.3 Å². The van der Waals surface area contributed by atoms with Crippen molar-refractivity contribution in [3.63, 3.8) is 0 Å². The molecule has 0 radical (unpaired) electrons. The first kappa shape index (κ1) is 23.2. The van der Waals surface area contributed by atoms with Gasteiger partial charge in [-0.2, -0.15) is 8.42 Å². The second-order valence-electron chi connectivity index (χ2n) is 7.57. The van der Waals surface area contributed by atoms with Crippen molar-refractivity contribution >= 4 is 33.2 Å². The Morgan fingerprint density at radius 1 is 1.32 bits per heavy atom. The van der Waals surface area contributed by atoms with Gasteiger partial charge in [0, 0.05) is 0 Å². The minimum Gasteiger partial charge on any atom is -0.387 e. The minimum absolute atomic E-state index is 0.0877. The molecule has 172 valence electrons. The molecule has 1 aliphatic heterocycles. The number of aromatic nitrogens is 4. The third kappa shape index (κ3) is 5.08.